The number of benzene rings is 1. The minimum atomic E-state index is -4.70. The summed E-state index contributed by atoms with van der Waals surface area (Å²) in [5.41, 5.74) is -2.58. The Morgan fingerprint density at radius 2 is 1.89 bits per heavy atom. The molecular formula is C23H27F3N4O5. The van der Waals surface area contributed by atoms with Crippen molar-refractivity contribution in [2.75, 3.05) is 31.6 Å². The average Bonchev–Trinajstić information content (AvgIpc) is 2.86. The number of anilines is 1. The highest BCUT2D eigenvalue weighted by Gasteiger charge is 2.39. The van der Waals surface area contributed by atoms with E-state index in [9.17, 15) is 38.1 Å². The van der Waals surface area contributed by atoms with Crippen LogP contribution in [0, 0.1) is 27.4 Å². The van der Waals surface area contributed by atoms with Crippen molar-refractivity contribution < 1.29 is 32.4 Å². The molecule has 2 fully saturated rings. The molecule has 2 aliphatic rings. The number of rotatable bonds is 6. The van der Waals surface area contributed by atoms with Gasteiger partial charge < -0.3 is 14.5 Å². The van der Waals surface area contributed by atoms with Crippen LogP contribution in [-0.2, 0) is 20.5 Å². The van der Waals surface area contributed by atoms with Crippen LogP contribution in [0.25, 0.3) is 0 Å². The second-order valence-electron chi connectivity index (χ2n) is 8.98. The van der Waals surface area contributed by atoms with Gasteiger partial charge in [-0.25, -0.2) is 0 Å². The van der Waals surface area contributed by atoms with Crippen molar-refractivity contribution >= 4 is 23.3 Å². The van der Waals surface area contributed by atoms with Crippen LogP contribution in [0.15, 0.2) is 18.2 Å². The number of amides is 1. The minimum Gasteiger partial charge on any atom is -0.455 e. The number of likely N-dealkylation sites (N-methyl/N-ethyl adjacent to an activating group) is 1. The quantitative estimate of drug-likeness (QED) is 0.331. The molecule has 190 valence electrons. The number of alkyl halides is 3. The number of nitrogens with zero attached hydrogens (tertiary/aromatic N) is 4. The van der Waals surface area contributed by atoms with Gasteiger partial charge in [0, 0.05) is 26.2 Å². The highest BCUT2D eigenvalue weighted by atomic mass is 19.4. The molecule has 1 aliphatic carbocycles. The lowest BCUT2D eigenvalue weighted by Gasteiger charge is -2.39. The number of carbonyl (C=O) groups excluding carboxylic acids is 2. The first-order chi connectivity index (χ1) is 16.5. The third-order valence-electron chi connectivity index (χ3n) is 6.91. The fourth-order valence-corrected chi connectivity index (χ4v) is 4.71. The first-order valence-electron chi connectivity index (χ1n) is 11.4. The smallest absolute Gasteiger partial charge is 0.416 e. The van der Waals surface area contributed by atoms with Gasteiger partial charge in [0.05, 0.1) is 22.5 Å². The summed E-state index contributed by atoms with van der Waals surface area (Å²) in [6, 6.07) is 4.62. The molecule has 0 N–H and O–H groups in total. The number of nitro groups is 1. The van der Waals surface area contributed by atoms with E-state index in [0.717, 1.165) is 31.4 Å². The van der Waals surface area contributed by atoms with E-state index in [2.05, 4.69) is 6.07 Å². The second kappa shape index (κ2) is 10.5. The maximum Gasteiger partial charge on any atom is 0.416 e. The first-order valence-corrected chi connectivity index (χ1v) is 11.4. The van der Waals surface area contributed by atoms with Gasteiger partial charge in [-0.15, -0.1) is 0 Å². The molecule has 1 amide bonds. The zero-order valence-corrected chi connectivity index (χ0v) is 19.3. The number of hydrogen-bond acceptors (Lipinski definition) is 7. The summed E-state index contributed by atoms with van der Waals surface area (Å²) in [5.74, 6) is -1.58. The van der Waals surface area contributed by atoms with Crippen LogP contribution < -0.4 is 4.90 Å². The SMILES string of the molecule is CN(C(=O)COC(=O)C1CCN(c2ccc(C(F)(F)F)cc2[N+](=O)[O-])CC1)C1(C#N)CCCCC1. The number of nitriles is 1. The zero-order valence-electron chi connectivity index (χ0n) is 19.3. The topological polar surface area (TPSA) is 117 Å². The van der Waals surface area contributed by atoms with Gasteiger partial charge in [-0.1, -0.05) is 19.3 Å². The van der Waals surface area contributed by atoms with Crippen LogP contribution in [0.3, 0.4) is 0 Å². The van der Waals surface area contributed by atoms with Crippen LogP contribution in [0.2, 0.25) is 0 Å². The standard InChI is InChI=1S/C23H27F3N4O5/c1-28(22(15-27)9-3-2-4-10-22)20(31)14-35-21(32)16-7-11-29(12-8-16)18-6-5-17(23(24,25)26)13-19(18)30(33)34/h5-6,13,16H,2-4,7-12,14H2,1H3. The van der Waals surface area contributed by atoms with Crippen molar-refractivity contribution in [3.05, 3.63) is 33.9 Å². The number of hydrogen-bond donors (Lipinski definition) is 0. The van der Waals surface area contributed by atoms with Crippen molar-refractivity contribution in [3.63, 3.8) is 0 Å². The molecule has 0 atom stereocenters. The summed E-state index contributed by atoms with van der Waals surface area (Å²) in [4.78, 5) is 38.5. The summed E-state index contributed by atoms with van der Waals surface area (Å²) in [6.07, 6.45) is -0.305. The number of esters is 1. The predicted octanol–water partition coefficient (Wildman–Crippen LogP) is 4.06. The molecule has 1 aromatic carbocycles. The highest BCUT2D eigenvalue weighted by molar-refractivity contribution is 5.82. The Hall–Kier alpha value is -3.36. The Balaban J connectivity index is 1.56. The molecule has 0 unspecified atom stereocenters. The van der Waals surface area contributed by atoms with E-state index in [1.165, 1.54) is 4.90 Å². The molecule has 1 aliphatic heterocycles. The monoisotopic (exact) mass is 496 g/mol. The number of halogens is 3. The summed E-state index contributed by atoms with van der Waals surface area (Å²) >= 11 is 0. The lowest BCUT2D eigenvalue weighted by Crippen LogP contribution is -2.51. The predicted molar refractivity (Wildman–Crippen MR) is 118 cm³/mol. The number of piperidine rings is 1. The van der Waals surface area contributed by atoms with Crippen LogP contribution >= 0.6 is 0 Å². The zero-order chi connectivity index (χ0) is 25.8. The van der Waals surface area contributed by atoms with Gasteiger partial charge in [-0.05, 0) is 37.8 Å². The molecule has 0 bridgehead atoms. The van der Waals surface area contributed by atoms with Gasteiger partial charge >= 0.3 is 12.1 Å². The molecule has 0 aromatic heterocycles. The van der Waals surface area contributed by atoms with E-state index in [-0.39, 0.29) is 31.6 Å². The van der Waals surface area contributed by atoms with E-state index in [1.54, 1.807) is 11.9 Å². The first kappa shape index (κ1) is 26.2. The molecular weight excluding hydrogens is 469 g/mol. The lowest BCUT2D eigenvalue weighted by molar-refractivity contribution is -0.384. The molecule has 3 rings (SSSR count). The summed E-state index contributed by atoms with van der Waals surface area (Å²) in [6.45, 7) is -0.0713. The van der Waals surface area contributed by atoms with Gasteiger partial charge in [0.1, 0.15) is 11.2 Å². The molecule has 0 radical (unpaired) electrons. The summed E-state index contributed by atoms with van der Waals surface area (Å²) in [7, 11) is 1.54. The van der Waals surface area contributed by atoms with Crippen molar-refractivity contribution in [2.24, 2.45) is 5.92 Å². The maximum atomic E-state index is 12.9. The molecule has 1 heterocycles. The summed E-state index contributed by atoms with van der Waals surface area (Å²) < 4.78 is 44.0. The molecule has 1 saturated heterocycles. The van der Waals surface area contributed by atoms with E-state index >= 15 is 0 Å². The third-order valence-corrected chi connectivity index (χ3v) is 6.91. The number of nitro benzene ring substituents is 1. The fourth-order valence-electron chi connectivity index (χ4n) is 4.71. The van der Waals surface area contributed by atoms with E-state index in [1.807, 2.05) is 0 Å². The van der Waals surface area contributed by atoms with E-state index in [0.29, 0.717) is 18.9 Å². The Morgan fingerprint density at radius 3 is 2.43 bits per heavy atom. The third kappa shape index (κ3) is 5.83. The van der Waals surface area contributed by atoms with Crippen LogP contribution in [-0.4, -0.2) is 54.0 Å². The molecule has 35 heavy (non-hydrogen) atoms. The Labute approximate surface area is 200 Å². The van der Waals surface area contributed by atoms with Crippen LogP contribution in [0.5, 0.6) is 0 Å². The molecule has 1 aromatic rings. The molecule has 9 nitrogen and oxygen atoms in total. The normalized spacial score (nSPS) is 18.4. The summed E-state index contributed by atoms with van der Waals surface area (Å²) in [5, 5.41) is 21.0. The maximum absolute atomic E-state index is 12.9. The molecule has 0 spiro atoms. The Kier molecular flexibility index (Phi) is 7.87. The Morgan fingerprint density at radius 1 is 1.26 bits per heavy atom. The van der Waals surface area contributed by atoms with Gasteiger partial charge in [0.15, 0.2) is 6.61 Å². The van der Waals surface area contributed by atoms with Gasteiger partial charge in [-0.2, -0.15) is 18.4 Å². The van der Waals surface area contributed by atoms with Crippen LogP contribution in [0.1, 0.15) is 50.5 Å². The van der Waals surface area contributed by atoms with Crippen molar-refractivity contribution in [1.82, 2.24) is 4.90 Å². The van der Waals surface area contributed by atoms with Gasteiger partial charge in [-0.3, -0.25) is 19.7 Å². The second-order valence-corrected chi connectivity index (χ2v) is 8.98. The van der Waals surface area contributed by atoms with Gasteiger partial charge in [0.25, 0.3) is 11.6 Å². The lowest BCUT2D eigenvalue weighted by atomic mass is 9.81. The highest BCUT2D eigenvalue weighted by Crippen LogP contribution is 2.38. The number of carbonyl (C=O) groups is 2. The fraction of sp³-hybridized carbons (Fsp3) is 0.609. The van der Waals surface area contributed by atoms with E-state index < -0.39 is 52.3 Å². The van der Waals surface area contributed by atoms with E-state index in [4.69, 9.17) is 4.74 Å². The van der Waals surface area contributed by atoms with Crippen molar-refractivity contribution in [3.8, 4) is 6.07 Å². The van der Waals surface area contributed by atoms with Crippen molar-refractivity contribution in [2.45, 2.75) is 56.7 Å². The molecule has 1 saturated carbocycles. The minimum absolute atomic E-state index is 0.0564. The molecule has 12 heteroatoms. The number of ether oxygens (including phenoxy) is 1. The Bertz CT molecular complexity index is 1010. The van der Waals surface area contributed by atoms with Crippen molar-refractivity contribution in [1.29, 1.82) is 5.26 Å². The average molecular weight is 496 g/mol. The van der Waals surface area contributed by atoms with Crippen LogP contribution in [0.4, 0.5) is 24.5 Å². The van der Waals surface area contributed by atoms with Gasteiger partial charge in [0.2, 0.25) is 0 Å². The largest absolute Gasteiger partial charge is 0.455 e.